The molecule has 1 aromatic heterocycles. The first-order valence-electron chi connectivity index (χ1n) is 7.07. The van der Waals surface area contributed by atoms with Crippen molar-refractivity contribution in [1.29, 1.82) is 0 Å². The molecule has 21 heavy (non-hydrogen) atoms. The number of carbonyl (C=O) groups excluding carboxylic acids is 2. The molecular formula is C15H20BrN3O2. The summed E-state index contributed by atoms with van der Waals surface area (Å²) in [6, 6.07) is 1.70. The van der Waals surface area contributed by atoms with Gasteiger partial charge in [0.1, 0.15) is 5.69 Å². The molecule has 1 aromatic rings. The zero-order valence-electron chi connectivity index (χ0n) is 12.3. The second kappa shape index (κ2) is 6.93. The highest BCUT2D eigenvalue weighted by molar-refractivity contribution is 9.10. The van der Waals surface area contributed by atoms with Gasteiger partial charge in [-0.2, -0.15) is 0 Å². The molecule has 1 aliphatic rings. The normalized spacial score (nSPS) is 18.2. The Balaban J connectivity index is 1.85. The first kappa shape index (κ1) is 15.8. The summed E-state index contributed by atoms with van der Waals surface area (Å²) in [4.78, 5) is 23.7. The molecule has 1 saturated carbocycles. The molecule has 0 aromatic carbocycles. The second-order valence-corrected chi connectivity index (χ2v) is 6.50. The first-order chi connectivity index (χ1) is 9.95. The maximum atomic E-state index is 11.9. The van der Waals surface area contributed by atoms with Crippen LogP contribution < -0.4 is 10.9 Å². The molecule has 0 spiro atoms. The summed E-state index contributed by atoms with van der Waals surface area (Å²) in [5, 5.41) is 0. The van der Waals surface area contributed by atoms with Crippen LogP contribution in [0.25, 0.3) is 0 Å². The van der Waals surface area contributed by atoms with Gasteiger partial charge in [0.25, 0.3) is 11.8 Å². The fraction of sp³-hybridized carbons (Fsp3) is 0.467. The van der Waals surface area contributed by atoms with E-state index in [9.17, 15) is 9.59 Å². The van der Waals surface area contributed by atoms with Gasteiger partial charge in [0.2, 0.25) is 0 Å². The quantitative estimate of drug-likeness (QED) is 0.634. The van der Waals surface area contributed by atoms with Gasteiger partial charge in [0.05, 0.1) is 0 Å². The Morgan fingerprint density at radius 2 is 2.00 bits per heavy atom. The number of halogens is 1. The topological polar surface area (TPSA) is 63.1 Å². The van der Waals surface area contributed by atoms with E-state index in [0.717, 1.165) is 41.6 Å². The van der Waals surface area contributed by atoms with Crippen molar-refractivity contribution in [3.63, 3.8) is 0 Å². The zero-order valence-corrected chi connectivity index (χ0v) is 13.9. The molecule has 1 heterocycles. The Morgan fingerprint density at radius 3 is 2.57 bits per heavy atom. The Morgan fingerprint density at radius 1 is 1.33 bits per heavy atom. The van der Waals surface area contributed by atoms with Gasteiger partial charge in [-0.1, -0.05) is 12.5 Å². The molecule has 2 N–H and O–H groups in total. The monoisotopic (exact) mass is 353 g/mol. The van der Waals surface area contributed by atoms with Crippen molar-refractivity contribution >= 4 is 27.7 Å². The Kier molecular flexibility index (Phi) is 5.22. The molecular weight excluding hydrogens is 334 g/mol. The van der Waals surface area contributed by atoms with Gasteiger partial charge >= 0.3 is 0 Å². The van der Waals surface area contributed by atoms with E-state index in [1.54, 1.807) is 30.0 Å². The van der Waals surface area contributed by atoms with Crippen LogP contribution in [0.5, 0.6) is 0 Å². The summed E-state index contributed by atoms with van der Waals surface area (Å²) in [7, 11) is 1.77. The maximum Gasteiger partial charge on any atom is 0.286 e. The van der Waals surface area contributed by atoms with Crippen LogP contribution >= 0.6 is 15.9 Å². The van der Waals surface area contributed by atoms with Gasteiger partial charge in [-0.25, -0.2) is 0 Å². The zero-order chi connectivity index (χ0) is 15.4. The van der Waals surface area contributed by atoms with E-state index in [0.29, 0.717) is 5.69 Å². The van der Waals surface area contributed by atoms with E-state index in [1.165, 1.54) is 0 Å². The Hall–Kier alpha value is -1.56. The summed E-state index contributed by atoms with van der Waals surface area (Å²) in [6.07, 6.45) is 7.57. The van der Waals surface area contributed by atoms with Crippen molar-refractivity contribution in [2.45, 2.75) is 32.6 Å². The SMILES string of the molecule is CC1CCC(=CC(=O)NNC(=O)c2cc(Br)cn2C)CC1. The fourth-order valence-electron chi connectivity index (χ4n) is 2.43. The molecule has 2 amide bonds. The van der Waals surface area contributed by atoms with Crippen molar-refractivity contribution in [3.8, 4) is 0 Å². The molecule has 5 nitrogen and oxygen atoms in total. The highest BCUT2D eigenvalue weighted by Gasteiger charge is 2.14. The molecule has 0 radical (unpaired) electrons. The highest BCUT2D eigenvalue weighted by atomic mass is 79.9. The maximum absolute atomic E-state index is 11.9. The average molecular weight is 354 g/mol. The van der Waals surface area contributed by atoms with Crippen molar-refractivity contribution in [1.82, 2.24) is 15.4 Å². The molecule has 6 heteroatoms. The summed E-state index contributed by atoms with van der Waals surface area (Å²) >= 11 is 3.30. The van der Waals surface area contributed by atoms with E-state index in [4.69, 9.17) is 0 Å². The molecule has 2 rings (SSSR count). The lowest BCUT2D eigenvalue weighted by atomic mass is 9.87. The molecule has 0 atom stereocenters. The molecule has 1 fully saturated rings. The van der Waals surface area contributed by atoms with Crippen LogP contribution in [0.1, 0.15) is 43.1 Å². The van der Waals surface area contributed by atoms with Crippen LogP contribution in [0.3, 0.4) is 0 Å². The number of rotatable bonds is 2. The molecule has 0 aliphatic heterocycles. The molecule has 0 bridgehead atoms. The number of carbonyl (C=O) groups is 2. The van der Waals surface area contributed by atoms with Gasteiger partial charge in [-0.3, -0.25) is 20.4 Å². The molecule has 0 saturated heterocycles. The minimum atomic E-state index is -0.341. The summed E-state index contributed by atoms with van der Waals surface area (Å²) < 4.78 is 2.51. The number of nitrogens with one attached hydrogen (secondary N) is 2. The van der Waals surface area contributed by atoms with E-state index in [-0.39, 0.29) is 11.8 Å². The van der Waals surface area contributed by atoms with Gasteiger partial charge in [-0.15, -0.1) is 0 Å². The average Bonchev–Trinajstić information content (AvgIpc) is 2.78. The van der Waals surface area contributed by atoms with Crippen LogP contribution in [-0.4, -0.2) is 16.4 Å². The van der Waals surface area contributed by atoms with Crippen LogP contribution in [0.4, 0.5) is 0 Å². The van der Waals surface area contributed by atoms with Gasteiger partial charge < -0.3 is 4.57 Å². The lowest BCUT2D eigenvalue weighted by molar-refractivity contribution is -0.117. The van der Waals surface area contributed by atoms with E-state index in [1.807, 2.05) is 0 Å². The van der Waals surface area contributed by atoms with Gasteiger partial charge in [0.15, 0.2) is 0 Å². The number of amides is 2. The number of aromatic nitrogens is 1. The van der Waals surface area contributed by atoms with Gasteiger partial charge in [-0.05, 0) is 53.6 Å². The summed E-state index contributed by atoms with van der Waals surface area (Å²) in [6.45, 7) is 2.23. The standard InChI is InChI=1S/C15H20BrN3O2/c1-10-3-5-11(6-4-10)7-14(20)17-18-15(21)13-8-12(16)9-19(13)2/h7-10H,3-6H2,1-2H3,(H,17,20)(H,18,21). The van der Waals surface area contributed by atoms with E-state index < -0.39 is 0 Å². The van der Waals surface area contributed by atoms with Crippen molar-refractivity contribution in [2.24, 2.45) is 13.0 Å². The number of hydrogen-bond donors (Lipinski definition) is 2. The van der Waals surface area contributed by atoms with Gasteiger partial charge in [0, 0.05) is 23.8 Å². The highest BCUT2D eigenvalue weighted by Crippen LogP contribution is 2.27. The van der Waals surface area contributed by atoms with Crippen molar-refractivity contribution in [2.75, 3.05) is 0 Å². The van der Waals surface area contributed by atoms with Crippen molar-refractivity contribution < 1.29 is 9.59 Å². The Bertz CT molecular complexity index is 567. The van der Waals surface area contributed by atoms with Crippen LogP contribution in [0.2, 0.25) is 0 Å². The fourth-order valence-corrected chi connectivity index (χ4v) is 2.96. The smallest absolute Gasteiger partial charge is 0.286 e. The molecule has 0 unspecified atom stereocenters. The third-order valence-corrected chi connectivity index (χ3v) is 4.19. The predicted octanol–water partition coefficient (Wildman–Crippen LogP) is 2.69. The third-order valence-electron chi connectivity index (χ3n) is 3.76. The lowest BCUT2D eigenvalue weighted by Crippen LogP contribution is -2.41. The number of nitrogens with zero attached hydrogens (tertiary/aromatic N) is 1. The largest absolute Gasteiger partial charge is 0.345 e. The minimum Gasteiger partial charge on any atom is -0.345 e. The van der Waals surface area contributed by atoms with Crippen LogP contribution in [-0.2, 0) is 11.8 Å². The number of allylic oxidation sites excluding steroid dienone is 1. The van der Waals surface area contributed by atoms with Crippen LogP contribution in [0, 0.1) is 5.92 Å². The summed E-state index contributed by atoms with van der Waals surface area (Å²) in [5.74, 6) is 0.120. The molecule has 1 aliphatic carbocycles. The van der Waals surface area contributed by atoms with E-state index in [2.05, 4.69) is 33.7 Å². The number of aryl methyl sites for hydroxylation is 1. The minimum absolute atomic E-state index is 0.277. The van der Waals surface area contributed by atoms with Crippen molar-refractivity contribution in [3.05, 3.63) is 34.1 Å². The third kappa shape index (κ3) is 4.46. The predicted molar refractivity (Wildman–Crippen MR) is 84.4 cm³/mol. The number of hydrazine groups is 1. The first-order valence-corrected chi connectivity index (χ1v) is 7.86. The number of hydrogen-bond acceptors (Lipinski definition) is 2. The molecule has 114 valence electrons. The van der Waals surface area contributed by atoms with Crippen LogP contribution in [0.15, 0.2) is 28.4 Å². The lowest BCUT2D eigenvalue weighted by Gasteiger charge is -2.19. The van der Waals surface area contributed by atoms with E-state index >= 15 is 0 Å². The summed E-state index contributed by atoms with van der Waals surface area (Å²) in [5.41, 5.74) is 6.49. The second-order valence-electron chi connectivity index (χ2n) is 5.58. The Labute approximate surface area is 132 Å².